The molecule has 6 heteroatoms. The number of hydrogen-bond donors (Lipinski definition) is 1. The second-order valence-corrected chi connectivity index (χ2v) is 14.1. The Morgan fingerprint density at radius 3 is 2.57 bits per heavy atom. The topological polar surface area (TPSA) is 66.8 Å². The molecular weight excluding hydrogens is 370 g/mol. The molecule has 1 aromatic rings. The first-order chi connectivity index (χ1) is 12.9. The fourth-order valence-corrected chi connectivity index (χ4v) is 4.22. The summed E-state index contributed by atoms with van der Waals surface area (Å²) in [7, 11) is -1.54. The number of aliphatic hydroxyl groups excluding tert-OH is 1. The van der Waals surface area contributed by atoms with Crippen LogP contribution in [0.4, 0.5) is 4.79 Å². The fourth-order valence-electron chi connectivity index (χ4n) is 3.71. The lowest BCUT2D eigenvalue weighted by Crippen LogP contribution is -2.39. The van der Waals surface area contributed by atoms with Gasteiger partial charge in [-0.15, -0.1) is 5.54 Å². The normalized spacial score (nSPS) is 22.6. The molecule has 1 heterocycles. The van der Waals surface area contributed by atoms with Gasteiger partial charge in [-0.2, -0.15) is 0 Å². The Morgan fingerprint density at radius 2 is 2.00 bits per heavy atom. The number of likely N-dealkylation sites (tertiary alicyclic amines) is 1. The lowest BCUT2D eigenvalue weighted by molar-refractivity contribution is -0.125. The number of imide groups is 1. The number of benzene rings is 1. The first-order valence-corrected chi connectivity index (χ1v) is 13.0. The van der Waals surface area contributed by atoms with E-state index in [1.807, 2.05) is 18.2 Å². The van der Waals surface area contributed by atoms with Crippen LogP contribution in [-0.4, -0.2) is 35.7 Å². The zero-order chi connectivity index (χ0) is 20.9. The average molecular weight is 398 g/mol. The summed E-state index contributed by atoms with van der Waals surface area (Å²) in [6.07, 6.45) is 0.716. The van der Waals surface area contributed by atoms with Crippen molar-refractivity contribution in [2.75, 3.05) is 0 Å². The first-order valence-electron chi connectivity index (χ1n) is 9.49. The summed E-state index contributed by atoms with van der Waals surface area (Å²) < 4.78 is 5.47. The van der Waals surface area contributed by atoms with Crippen LogP contribution in [-0.2, 0) is 16.0 Å². The van der Waals surface area contributed by atoms with Gasteiger partial charge in [-0.05, 0) is 44.4 Å². The lowest BCUT2D eigenvalue weighted by atomic mass is 9.97. The van der Waals surface area contributed by atoms with Crippen molar-refractivity contribution in [2.45, 2.75) is 58.5 Å². The molecule has 0 spiro atoms. The number of carbonyl (C=O) groups is 2. The molecule has 0 aromatic heterocycles. The third-order valence-electron chi connectivity index (χ3n) is 4.78. The van der Waals surface area contributed by atoms with Crippen molar-refractivity contribution in [3.63, 3.8) is 0 Å². The van der Waals surface area contributed by atoms with Crippen molar-refractivity contribution < 1.29 is 19.4 Å². The van der Waals surface area contributed by atoms with E-state index in [-0.39, 0.29) is 11.5 Å². The summed E-state index contributed by atoms with van der Waals surface area (Å²) in [6.45, 7) is 11.9. The predicted octanol–water partition coefficient (Wildman–Crippen LogP) is 4.35. The molecule has 1 saturated heterocycles. The van der Waals surface area contributed by atoms with Crippen molar-refractivity contribution in [3.8, 4) is 11.5 Å². The number of fused-ring (bicyclic) bond motifs is 3. The van der Waals surface area contributed by atoms with Gasteiger partial charge >= 0.3 is 6.09 Å². The van der Waals surface area contributed by atoms with Crippen LogP contribution in [0.2, 0.25) is 19.6 Å². The molecule has 2 amide bonds. The van der Waals surface area contributed by atoms with E-state index < -0.39 is 31.7 Å². The van der Waals surface area contributed by atoms with Crippen LogP contribution in [0.1, 0.15) is 43.5 Å². The van der Waals surface area contributed by atoms with Crippen LogP contribution < -0.4 is 0 Å². The Hall–Kier alpha value is -2.52. The highest BCUT2D eigenvalue weighted by Gasteiger charge is 2.53. The molecule has 0 saturated carbocycles. The van der Waals surface area contributed by atoms with Gasteiger partial charge in [0.1, 0.15) is 13.7 Å². The van der Waals surface area contributed by atoms with E-state index in [1.165, 1.54) is 0 Å². The second kappa shape index (κ2) is 6.82. The summed E-state index contributed by atoms with van der Waals surface area (Å²) in [5, 5.41) is 9.69. The summed E-state index contributed by atoms with van der Waals surface area (Å²) in [5.41, 5.74) is 5.80. The Morgan fingerprint density at radius 1 is 1.32 bits per heavy atom. The van der Waals surface area contributed by atoms with Gasteiger partial charge in [-0.3, -0.25) is 4.79 Å². The molecule has 1 aromatic carbocycles. The van der Waals surface area contributed by atoms with Crippen molar-refractivity contribution in [1.82, 2.24) is 4.90 Å². The minimum absolute atomic E-state index is 0.246. The Kier molecular flexibility index (Phi) is 4.92. The quantitative estimate of drug-likeness (QED) is 0.306. The van der Waals surface area contributed by atoms with Crippen LogP contribution in [0.25, 0.3) is 0 Å². The number of rotatable bonds is 0. The van der Waals surface area contributed by atoms with Gasteiger partial charge in [-0.1, -0.05) is 37.7 Å². The largest absolute Gasteiger partial charge is 0.515 e. The molecule has 28 heavy (non-hydrogen) atoms. The zero-order valence-electron chi connectivity index (χ0n) is 17.3. The molecule has 0 bridgehead atoms. The molecule has 2 atom stereocenters. The maximum Gasteiger partial charge on any atom is 0.417 e. The monoisotopic (exact) mass is 397 g/mol. The average Bonchev–Trinajstić information content (AvgIpc) is 3.03. The molecule has 2 aliphatic rings. The van der Waals surface area contributed by atoms with E-state index in [9.17, 15) is 14.7 Å². The molecule has 1 aliphatic carbocycles. The van der Waals surface area contributed by atoms with Gasteiger partial charge in [0.15, 0.2) is 0 Å². The van der Waals surface area contributed by atoms with E-state index in [1.54, 1.807) is 20.8 Å². The second-order valence-electron chi connectivity index (χ2n) is 9.37. The highest BCUT2D eigenvalue weighted by Crippen LogP contribution is 2.50. The van der Waals surface area contributed by atoms with Crippen molar-refractivity contribution in [2.24, 2.45) is 5.92 Å². The summed E-state index contributed by atoms with van der Waals surface area (Å²) in [6, 6.07) is 5.36. The molecule has 148 valence electrons. The van der Waals surface area contributed by atoms with Crippen molar-refractivity contribution in [1.29, 1.82) is 0 Å². The van der Waals surface area contributed by atoms with Crippen molar-refractivity contribution in [3.05, 3.63) is 46.7 Å². The van der Waals surface area contributed by atoms with Crippen LogP contribution >= 0.6 is 0 Å². The highest BCUT2D eigenvalue weighted by atomic mass is 28.3. The Balaban J connectivity index is 2.07. The number of aliphatic hydroxyl groups is 1. The minimum Gasteiger partial charge on any atom is -0.515 e. The van der Waals surface area contributed by atoms with Crippen molar-refractivity contribution >= 4 is 20.1 Å². The van der Waals surface area contributed by atoms with Crippen LogP contribution in [0, 0.1) is 17.4 Å². The molecular formula is C22H27NO4Si. The number of ether oxygens (including phenoxy) is 1. The lowest BCUT2D eigenvalue weighted by Gasteiger charge is -2.27. The Bertz CT molecular complexity index is 925. The summed E-state index contributed by atoms with van der Waals surface area (Å²) in [5.74, 6) is 2.54. The fraction of sp³-hybridized carbons (Fsp3) is 0.455. The molecule has 3 rings (SSSR count). The van der Waals surface area contributed by atoms with E-state index >= 15 is 0 Å². The van der Waals surface area contributed by atoms with Gasteiger partial charge in [0, 0.05) is 11.5 Å². The van der Waals surface area contributed by atoms with Crippen LogP contribution in [0.3, 0.4) is 0 Å². The molecule has 2 unspecified atom stereocenters. The minimum atomic E-state index is -1.54. The van der Waals surface area contributed by atoms with Gasteiger partial charge < -0.3 is 9.84 Å². The third kappa shape index (κ3) is 3.72. The van der Waals surface area contributed by atoms with E-state index in [4.69, 9.17) is 4.74 Å². The van der Waals surface area contributed by atoms with Crippen LogP contribution in [0.15, 0.2) is 30.0 Å². The van der Waals surface area contributed by atoms with Gasteiger partial charge in [0.05, 0.1) is 17.9 Å². The standard InChI is InChI=1S/C22H27NO4Si/c1-22(2,3)27-21(26)23-19-15-9-7-8-14(10-11-28(4,5)6)16(15)12-17(19)18(13-24)20(23)25/h7-9,13,17,19,24H,12H2,1-6H3/b18-13-. The number of nitrogens with zero attached hydrogens (tertiary/aromatic N) is 1. The third-order valence-corrected chi connectivity index (χ3v) is 5.66. The maximum atomic E-state index is 12.8. The molecule has 1 fully saturated rings. The SMILES string of the molecule is CC(C)(C)OC(=O)N1C(=O)/C(=C\O)C2Cc3c(C#C[Si](C)(C)C)cccc3C21. The van der Waals surface area contributed by atoms with Crippen LogP contribution in [0.5, 0.6) is 0 Å². The Labute approximate surface area is 167 Å². The van der Waals surface area contributed by atoms with E-state index in [2.05, 4.69) is 31.1 Å². The van der Waals surface area contributed by atoms with Gasteiger partial charge in [0.25, 0.3) is 5.91 Å². The number of amides is 2. The molecule has 5 nitrogen and oxygen atoms in total. The first kappa shape index (κ1) is 20.2. The molecule has 0 radical (unpaired) electrons. The van der Waals surface area contributed by atoms with E-state index in [0.717, 1.165) is 27.9 Å². The smallest absolute Gasteiger partial charge is 0.417 e. The maximum absolute atomic E-state index is 12.8. The number of carbonyl (C=O) groups excluding carboxylic acids is 2. The molecule has 1 aliphatic heterocycles. The van der Waals surface area contributed by atoms with Gasteiger partial charge in [-0.25, -0.2) is 9.69 Å². The summed E-state index contributed by atoms with van der Waals surface area (Å²) >= 11 is 0. The summed E-state index contributed by atoms with van der Waals surface area (Å²) in [4.78, 5) is 26.7. The van der Waals surface area contributed by atoms with Gasteiger partial charge in [0.2, 0.25) is 0 Å². The highest BCUT2D eigenvalue weighted by molar-refractivity contribution is 6.83. The predicted molar refractivity (Wildman–Crippen MR) is 110 cm³/mol. The van der Waals surface area contributed by atoms with E-state index in [0.29, 0.717) is 6.42 Å². The molecule has 1 N–H and O–H groups in total. The number of hydrogen-bond acceptors (Lipinski definition) is 4. The zero-order valence-corrected chi connectivity index (χ0v) is 18.3.